The molecule has 3 heterocycles. The SMILES string of the molecule is CN1CCc2nc(-n3ncc4c(B(O)O)cccc43)nc(NCc3cccc(F)c3)c21. The van der Waals surface area contributed by atoms with Crippen molar-refractivity contribution in [2.45, 2.75) is 13.0 Å². The Morgan fingerprint density at radius 1 is 1.16 bits per heavy atom. The summed E-state index contributed by atoms with van der Waals surface area (Å²) in [5, 5.41) is 27.6. The van der Waals surface area contributed by atoms with Gasteiger partial charge < -0.3 is 20.3 Å². The van der Waals surface area contributed by atoms with Crippen molar-refractivity contribution in [1.29, 1.82) is 0 Å². The van der Waals surface area contributed by atoms with E-state index in [9.17, 15) is 14.4 Å². The molecule has 0 fully saturated rings. The second kappa shape index (κ2) is 7.64. The Labute approximate surface area is 178 Å². The van der Waals surface area contributed by atoms with Crippen molar-refractivity contribution >= 4 is 35.0 Å². The predicted molar refractivity (Wildman–Crippen MR) is 117 cm³/mol. The number of likely N-dealkylation sites (N-methyl/N-ethyl adjacent to an activating group) is 1. The summed E-state index contributed by atoms with van der Waals surface area (Å²) in [6, 6.07) is 11.6. The van der Waals surface area contributed by atoms with E-state index in [-0.39, 0.29) is 5.82 Å². The molecule has 3 N–H and O–H groups in total. The Hall–Kier alpha value is -3.50. The first-order valence-corrected chi connectivity index (χ1v) is 9.95. The van der Waals surface area contributed by atoms with Crippen LogP contribution < -0.4 is 15.7 Å². The van der Waals surface area contributed by atoms with E-state index in [0.29, 0.717) is 34.7 Å². The summed E-state index contributed by atoms with van der Waals surface area (Å²) in [6.45, 7) is 1.23. The lowest BCUT2D eigenvalue weighted by Crippen LogP contribution is -2.30. The highest BCUT2D eigenvalue weighted by molar-refractivity contribution is 6.61. The number of nitrogens with zero attached hydrogens (tertiary/aromatic N) is 5. The summed E-state index contributed by atoms with van der Waals surface area (Å²) >= 11 is 0. The van der Waals surface area contributed by atoms with Gasteiger partial charge in [0.05, 0.1) is 17.4 Å². The van der Waals surface area contributed by atoms with E-state index in [1.165, 1.54) is 12.1 Å². The van der Waals surface area contributed by atoms with Gasteiger partial charge in [-0.05, 0) is 29.2 Å². The molecular formula is C21H20BFN6O2. The Bertz CT molecular complexity index is 1280. The molecule has 10 heteroatoms. The van der Waals surface area contributed by atoms with Crippen LogP contribution in [0.4, 0.5) is 15.9 Å². The van der Waals surface area contributed by atoms with E-state index in [1.807, 2.05) is 19.2 Å². The van der Waals surface area contributed by atoms with Gasteiger partial charge in [-0.2, -0.15) is 14.8 Å². The molecule has 31 heavy (non-hydrogen) atoms. The molecule has 156 valence electrons. The van der Waals surface area contributed by atoms with Gasteiger partial charge in [0, 0.05) is 31.9 Å². The first kappa shape index (κ1) is 19.5. The fourth-order valence-electron chi connectivity index (χ4n) is 3.96. The van der Waals surface area contributed by atoms with Gasteiger partial charge in [-0.1, -0.05) is 24.3 Å². The Morgan fingerprint density at radius 2 is 2.00 bits per heavy atom. The summed E-state index contributed by atoms with van der Waals surface area (Å²) in [4.78, 5) is 11.5. The standard InChI is InChI=1S/C21H20BFN6O2/c1-28-9-8-17-19(28)20(24-11-13-4-2-5-14(23)10-13)27-21(26-17)29-18-7-3-6-16(22(30)31)15(18)12-25-29/h2-7,10,12,30-31H,8-9,11H2,1H3,(H,24,26,27). The molecule has 8 nitrogen and oxygen atoms in total. The number of hydrogen-bond acceptors (Lipinski definition) is 7. The number of aromatic nitrogens is 4. The molecule has 1 aliphatic rings. The van der Waals surface area contributed by atoms with Gasteiger partial charge in [-0.15, -0.1) is 0 Å². The maximum Gasteiger partial charge on any atom is 0.489 e. The molecule has 0 amide bonds. The van der Waals surface area contributed by atoms with Crippen LogP contribution in [0.15, 0.2) is 48.7 Å². The maximum atomic E-state index is 13.6. The molecule has 4 aromatic rings. The third-order valence-electron chi connectivity index (χ3n) is 5.47. The van der Waals surface area contributed by atoms with Crippen LogP contribution in [0.2, 0.25) is 0 Å². The Balaban J connectivity index is 1.57. The van der Waals surface area contributed by atoms with E-state index < -0.39 is 7.12 Å². The zero-order valence-electron chi connectivity index (χ0n) is 16.8. The average Bonchev–Trinajstić information content (AvgIpc) is 3.35. The van der Waals surface area contributed by atoms with E-state index in [1.54, 1.807) is 29.1 Å². The molecule has 1 aliphatic heterocycles. The molecule has 0 radical (unpaired) electrons. The highest BCUT2D eigenvalue weighted by Crippen LogP contribution is 2.33. The van der Waals surface area contributed by atoms with Crippen LogP contribution in [0.1, 0.15) is 11.3 Å². The summed E-state index contributed by atoms with van der Waals surface area (Å²) in [5.41, 5.74) is 3.67. The number of benzene rings is 2. The molecule has 0 aliphatic carbocycles. The Kier molecular flexibility index (Phi) is 4.80. The Morgan fingerprint density at radius 3 is 2.81 bits per heavy atom. The molecular weight excluding hydrogens is 398 g/mol. The predicted octanol–water partition coefficient (Wildman–Crippen LogP) is 1.24. The van der Waals surface area contributed by atoms with Crippen LogP contribution in [0.25, 0.3) is 16.9 Å². The van der Waals surface area contributed by atoms with Crippen molar-refractivity contribution in [2.24, 2.45) is 0 Å². The highest BCUT2D eigenvalue weighted by atomic mass is 19.1. The normalized spacial score (nSPS) is 13.0. The molecule has 0 atom stereocenters. The minimum absolute atomic E-state index is 0.282. The molecule has 0 bridgehead atoms. The first-order valence-electron chi connectivity index (χ1n) is 9.95. The summed E-state index contributed by atoms with van der Waals surface area (Å²) in [6.07, 6.45) is 2.35. The summed E-state index contributed by atoms with van der Waals surface area (Å²) in [7, 11) is 0.389. The lowest BCUT2D eigenvalue weighted by Gasteiger charge is -2.17. The van der Waals surface area contributed by atoms with Crippen LogP contribution in [0.5, 0.6) is 0 Å². The third kappa shape index (κ3) is 3.49. The minimum atomic E-state index is -1.60. The molecule has 0 unspecified atom stereocenters. The van der Waals surface area contributed by atoms with Gasteiger partial charge in [0.15, 0.2) is 5.82 Å². The molecule has 2 aromatic heterocycles. The largest absolute Gasteiger partial charge is 0.489 e. The minimum Gasteiger partial charge on any atom is -0.423 e. The van der Waals surface area contributed by atoms with Gasteiger partial charge in [0.2, 0.25) is 0 Å². The van der Waals surface area contributed by atoms with E-state index in [4.69, 9.17) is 9.97 Å². The number of hydrogen-bond donors (Lipinski definition) is 3. The zero-order chi connectivity index (χ0) is 21.5. The average molecular weight is 418 g/mol. The molecule has 0 saturated heterocycles. The second-order valence-corrected chi connectivity index (χ2v) is 7.53. The molecule has 5 rings (SSSR count). The summed E-state index contributed by atoms with van der Waals surface area (Å²) in [5.74, 6) is 0.747. The zero-order valence-corrected chi connectivity index (χ0v) is 16.8. The maximum absolute atomic E-state index is 13.6. The van der Waals surface area contributed by atoms with E-state index in [2.05, 4.69) is 15.3 Å². The van der Waals surface area contributed by atoms with Crippen LogP contribution in [-0.2, 0) is 13.0 Å². The van der Waals surface area contributed by atoms with Crippen LogP contribution in [0.3, 0.4) is 0 Å². The number of rotatable bonds is 5. The van der Waals surface area contributed by atoms with Gasteiger partial charge in [0.1, 0.15) is 11.5 Å². The van der Waals surface area contributed by atoms with Crippen LogP contribution in [0, 0.1) is 5.82 Å². The first-order chi connectivity index (χ1) is 15.0. The van der Waals surface area contributed by atoms with Crippen LogP contribution in [-0.4, -0.2) is 50.5 Å². The fraction of sp³-hybridized carbons (Fsp3) is 0.190. The van der Waals surface area contributed by atoms with Crippen LogP contribution >= 0.6 is 0 Å². The smallest absolute Gasteiger partial charge is 0.423 e. The van der Waals surface area contributed by atoms with Crippen molar-refractivity contribution in [3.05, 3.63) is 65.7 Å². The van der Waals surface area contributed by atoms with Crippen molar-refractivity contribution in [2.75, 3.05) is 23.8 Å². The lowest BCUT2D eigenvalue weighted by atomic mass is 9.78. The molecule has 0 spiro atoms. The monoisotopic (exact) mass is 418 g/mol. The summed E-state index contributed by atoms with van der Waals surface area (Å²) < 4.78 is 15.1. The van der Waals surface area contributed by atoms with E-state index in [0.717, 1.165) is 29.9 Å². The highest BCUT2D eigenvalue weighted by Gasteiger charge is 2.25. The van der Waals surface area contributed by atoms with E-state index >= 15 is 0 Å². The lowest BCUT2D eigenvalue weighted by molar-refractivity contribution is 0.426. The van der Waals surface area contributed by atoms with Crippen molar-refractivity contribution in [1.82, 2.24) is 19.7 Å². The third-order valence-corrected chi connectivity index (χ3v) is 5.47. The number of fused-ring (bicyclic) bond motifs is 2. The van der Waals surface area contributed by atoms with Crippen molar-refractivity contribution in [3.8, 4) is 5.95 Å². The number of anilines is 2. The quantitative estimate of drug-likeness (QED) is 0.420. The molecule has 0 saturated carbocycles. The topological polar surface area (TPSA) is 99.3 Å². The fourth-order valence-corrected chi connectivity index (χ4v) is 3.96. The van der Waals surface area contributed by atoms with Crippen molar-refractivity contribution in [3.63, 3.8) is 0 Å². The molecule has 2 aromatic carbocycles. The number of halogens is 1. The van der Waals surface area contributed by atoms with Gasteiger partial charge in [-0.25, -0.2) is 9.37 Å². The van der Waals surface area contributed by atoms with Crippen molar-refractivity contribution < 1.29 is 14.4 Å². The van der Waals surface area contributed by atoms with Gasteiger partial charge >= 0.3 is 7.12 Å². The number of nitrogens with one attached hydrogen (secondary N) is 1. The second-order valence-electron chi connectivity index (χ2n) is 7.53. The van der Waals surface area contributed by atoms with Gasteiger partial charge in [-0.3, -0.25) is 0 Å². The van der Waals surface area contributed by atoms with Gasteiger partial charge in [0.25, 0.3) is 5.95 Å².